The molecular weight excluding hydrogens is 219 g/mol. The van der Waals surface area contributed by atoms with Gasteiger partial charge < -0.3 is 0 Å². The van der Waals surface area contributed by atoms with Gasteiger partial charge in [-0.05, 0) is 24.6 Å². The zero-order valence-corrected chi connectivity index (χ0v) is 7.45. The van der Waals surface area contributed by atoms with E-state index in [2.05, 4.69) is 0 Å². The summed E-state index contributed by atoms with van der Waals surface area (Å²) in [4.78, 5) is 10.6. The topological polar surface area (TPSA) is 17.1 Å². The van der Waals surface area contributed by atoms with Crippen LogP contribution in [0.2, 0.25) is 0 Å². The Kier molecular flexibility index (Phi) is 2.79. The standard InChI is InChI=1S/C9H5F5O/c1-4-2-7(11)5(3-6(4)10)8(15)9(12,13)14/h2-3H,1H3. The van der Waals surface area contributed by atoms with Crippen LogP contribution in [-0.2, 0) is 0 Å². The van der Waals surface area contributed by atoms with E-state index in [1.165, 1.54) is 6.92 Å². The summed E-state index contributed by atoms with van der Waals surface area (Å²) < 4.78 is 61.5. The molecule has 0 aliphatic carbocycles. The third kappa shape index (κ3) is 2.31. The smallest absolute Gasteiger partial charge is 0.284 e. The molecule has 15 heavy (non-hydrogen) atoms. The maximum Gasteiger partial charge on any atom is 0.454 e. The lowest BCUT2D eigenvalue weighted by atomic mass is 10.1. The van der Waals surface area contributed by atoms with Crippen LogP contribution >= 0.6 is 0 Å². The zero-order valence-electron chi connectivity index (χ0n) is 7.45. The first kappa shape index (κ1) is 11.6. The summed E-state index contributed by atoms with van der Waals surface area (Å²) in [6, 6.07) is 0.800. The van der Waals surface area contributed by atoms with Crippen molar-refractivity contribution in [1.82, 2.24) is 0 Å². The predicted molar refractivity (Wildman–Crippen MR) is 41.5 cm³/mol. The van der Waals surface area contributed by atoms with Crippen LogP contribution in [0.5, 0.6) is 0 Å². The molecule has 0 saturated heterocycles. The number of benzene rings is 1. The Morgan fingerprint density at radius 3 is 2.13 bits per heavy atom. The highest BCUT2D eigenvalue weighted by Gasteiger charge is 2.41. The minimum atomic E-state index is -5.21. The van der Waals surface area contributed by atoms with E-state index in [4.69, 9.17) is 0 Å². The largest absolute Gasteiger partial charge is 0.454 e. The van der Waals surface area contributed by atoms with Crippen molar-refractivity contribution in [3.05, 3.63) is 34.9 Å². The summed E-state index contributed by atoms with van der Waals surface area (Å²) in [6.45, 7) is 1.18. The van der Waals surface area contributed by atoms with Crippen LogP contribution in [0.25, 0.3) is 0 Å². The SMILES string of the molecule is Cc1cc(F)c(C(=O)C(F)(F)F)cc1F. The summed E-state index contributed by atoms with van der Waals surface area (Å²) in [6.07, 6.45) is -5.21. The van der Waals surface area contributed by atoms with Gasteiger partial charge in [0.25, 0.3) is 5.78 Å². The number of halogens is 5. The second-order valence-corrected chi connectivity index (χ2v) is 2.91. The van der Waals surface area contributed by atoms with Gasteiger partial charge >= 0.3 is 6.18 Å². The van der Waals surface area contributed by atoms with Gasteiger partial charge in [0.05, 0.1) is 5.56 Å². The van der Waals surface area contributed by atoms with Crippen LogP contribution in [-0.4, -0.2) is 12.0 Å². The Bertz CT molecular complexity index is 408. The maximum absolute atomic E-state index is 12.9. The van der Waals surface area contributed by atoms with Crippen molar-refractivity contribution in [2.45, 2.75) is 13.1 Å². The molecule has 0 fully saturated rings. The molecule has 0 aliphatic rings. The number of carbonyl (C=O) groups excluding carboxylic acids is 1. The lowest BCUT2D eigenvalue weighted by Crippen LogP contribution is -2.24. The fraction of sp³-hybridized carbons (Fsp3) is 0.222. The predicted octanol–water partition coefficient (Wildman–Crippen LogP) is 3.02. The molecule has 1 aromatic rings. The van der Waals surface area contributed by atoms with Crippen molar-refractivity contribution in [1.29, 1.82) is 0 Å². The van der Waals surface area contributed by atoms with Crippen LogP contribution in [0.4, 0.5) is 22.0 Å². The summed E-state index contributed by atoms with van der Waals surface area (Å²) in [5, 5.41) is 0. The van der Waals surface area contributed by atoms with Crippen LogP contribution in [0.1, 0.15) is 15.9 Å². The number of rotatable bonds is 1. The molecule has 0 atom stereocenters. The van der Waals surface area contributed by atoms with Gasteiger partial charge in [-0.3, -0.25) is 4.79 Å². The van der Waals surface area contributed by atoms with Crippen LogP contribution in [0, 0.1) is 18.6 Å². The summed E-state index contributed by atoms with van der Waals surface area (Å²) in [7, 11) is 0. The minimum absolute atomic E-state index is 0.161. The van der Waals surface area contributed by atoms with Gasteiger partial charge in [-0.15, -0.1) is 0 Å². The van der Waals surface area contributed by atoms with E-state index in [9.17, 15) is 26.7 Å². The number of hydrogen-bond donors (Lipinski definition) is 0. The van der Waals surface area contributed by atoms with Gasteiger partial charge in [0.2, 0.25) is 0 Å². The van der Waals surface area contributed by atoms with Crippen molar-refractivity contribution in [3.63, 3.8) is 0 Å². The van der Waals surface area contributed by atoms with E-state index < -0.39 is 29.2 Å². The molecule has 1 rings (SSSR count). The molecule has 0 bridgehead atoms. The summed E-state index contributed by atoms with van der Waals surface area (Å²) in [5.41, 5.74) is -1.46. The van der Waals surface area contributed by atoms with Gasteiger partial charge in [0.15, 0.2) is 0 Å². The van der Waals surface area contributed by atoms with Gasteiger partial charge in [0.1, 0.15) is 11.6 Å². The molecule has 1 aromatic carbocycles. The second kappa shape index (κ2) is 3.60. The van der Waals surface area contributed by atoms with Gasteiger partial charge in [-0.1, -0.05) is 0 Å². The zero-order chi connectivity index (χ0) is 11.8. The van der Waals surface area contributed by atoms with Crippen LogP contribution < -0.4 is 0 Å². The molecule has 0 heterocycles. The molecular formula is C9H5F5O. The highest BCUT2D eigenvalue weighted by molar-refractivity contribution is 6.00. The van der Waals surface area contributed by atoms with Crippen molar-refractivity contribution >= 4 is 5.78 Å². The molecule has 0 aromatic heterocycles. The van der Waals surface area contributed by atoms with Crippen molar-refractivity contribution < 1.29 is 26.7 Å². The van der Waals surface area contributed by atoms with Crippen LogP contribution in [0.3, 0.4) is 0 Å². The van der Waals surface area contributed by atoms with E-state index in [0.29, 0.717) is 6.07 Å². The first-order valence-corrected chi connectivity index (χ1v) is 3.80. The molecule has 82 valence electrons. The van der Waals surface area contributed by atoms with Crippen molar-refractivity contribution in [2.75, 3.05) is 0 Å². The highest BCUT2D eigenvalue weighted by Crippen LogP contribution is 2.24. The van der Waals surface area contributed by atoms with Gasteiger partial charge in [-0.2, -0.15) is 13.2 Å². The summed E-state index contributed by atoms with van der Waals surface area (Å²) in [5.74, 6) is -4.82. The molecule has 0 N–H and O–H groups in total. The molecule has 0 amide bonds. The molecule has 0 aliphatic heterocycles. The average molecular weight is 224 g/mol. The molecule has 0 radical (unpaired) electrons. The molecule has 1 nitrogen and oxygen atoms in total. The quantitative estimate of drug-likeness (QED) is 0.529. The number of aryl methyl sites for hydroxylation is 1. The third-order valence-corrected chi connectivity index (χ3v) is 1.75. The van der Waals surface area contributed by atoms with E-state index in [1.54, 1.807) is 0 Å². The number of carbonyl (C=O) groups is 1. The monoisotopic (exact) mass is 224 g/mol. The first-order chi connectivity index (χ1) is 6.73. The number of ketones is 1. The lowest BCUT2D eigenvalue weighted by molar-refractivity contribution is -0.0887. The molecule has 0 unspecified atom stereocenters. The fourth-order valence-corrected chi connectivity index (χ4v) is 0.973. The number of alkyl halides is 3. The molecule has 6 heteroatoms. The third-order valence-electron chi connectivity index (χ3n) is 1.75. The van der Waals surface area contributed by atoms with Crippen molar-refractivity contribution in [2.24, 2.45) is 0 Å². The Morgan fingerprint density at radius 2 is 1.67 bits per heavy atom. The van der Waals surface area contributed by atoms with E-state index in [1.807, 2.05) is 0 Å². The number of hydrogen-bond acceptors (Lipinski definition) is 1. The van der Waals surface area contributed by atoms with Gasteiger partial charge in [-0.25, -0.2) is 8.78 Å². The Morgan fingerprint density at radius 1 is 1.13 bits per heavy atom. The van der Waals surface area contributed by atoms with E-state index in [-0.39, 0.29) is 11.6 Å². The molecule has 0 spiro atoms. The normalized spacial score (nSPS) is 11.6. The van der Waals surface area contributed by atoms with Crippen LogP contribution in [0.15, 0.2) is 12.1 Å². The molecule has 0 saturated carbocycles. The van der Waals surface area contributed by atoms with Gasteiger partial charge in [0, 0.05) is 0 Å². The first-order valence-electron chi connectivity index (χ1n) is 3.80. The maximum atomic E-state index is 12.9. The lowest BCUT2D eigenvalue weighted by Gasteiger charge is -2.07. The average Bonchev–Trinajstić information content (AvgIpc) is 2.08. The second-order valence-electron chi connectivity index (χ2n) is 2.91. The Labute approximate surface area is 81.5 Å². The Hall–Kier alpha value is -1.46. The fourth-order valence-electron chi connectivity index (χ4n) is 0.973. The Balaban J connectivity index is 3.28. The highest BCUT2D eigenvalue weighted by atomic mass is 19.4. The van der Waals surface area contributed by atoms with E-state index in [0.717, 1.165) is 0 Å². The summed E-state index contributed by atoms with van der Waals surface area (Å²) >= 11 is 0. The van der Waals surface area contributed by atoms with Crippen molar-refractivity contribution in [3.8, 4) is 0 Å². The number of Topliss-reactive ketones (excluding diaryl/α,β-unsaturated/α-hetero) is 1. The minimum Gasteiger partial charge on any atom is -0.284 e. The van der Waals surface area contributed by atoms with E-state index >= 15 is 0 Å².